The molecule has 1 atom stereocenters. The number of fused-ring (bicyclic) bond motifs is 2. The van der Waals surface area contributed by atoms with Crippen LogP contribution in [-0.4, -0.2) is 45.9 Å². The topological polar surface area (TPSA) is 52.2 Å². The van der Waals surface area contributed by atoms with E-state index in [2.05, 4.69) is 64.2 Å². The van der Waals surface area contributed by atoms with Crippen molar-refractivity contribution in [2.45, 2.75) is 19.5 Å². The number of aromatic nitrogens is 2. The quantitative estimate of drug-likeness (QED) is 0.565. The Morgan fingerprint density at radius 3 is 2.43 bits per heavy atom. The van der Waals surface area contributed by atoms with Gasteiger partial charge >= 0.3 is 0 Å². The summed E-state index contributed by atoms with van der Waals surface area (Å²) >= 11 is 0. The SMILES string of the molecule is C[C@@H](c1nc2ccccc2c(=O)[nH]1)N1CCN(Cc2cccc3ccccc23)CC1. The van der Waals surface area contributed by atoms with Crippen LogP contribution in [0.4, 0.5) is 0 Å². The Balaban J connectivity index is 1.28. The molecule has 1 aromatic heterocycles. The molecule has 1 N–H and O–H groups in total. The Morgan fingerprint density at radius 2 is 1.60 bits per heavy atom. The molecule has 0 spiro atoms. The van der Waals surface area contributed by atoms with Crippen LogP contribution in [0.3, 0.4) is 0 Å². The third-order valence-electron chi connectivity index (χ3n) is 6.26. The van der Waals surface area contributed by atoms with E-state index in [9.17, 15) is 4.79 Å². The Bertz CT molecular complexity index is 1240. The molecule has 1 saturated heterocycles. The summed E-state index contributed by atoms with van der Waals surface area (Å²) in [6.07, 6.45) is 0. The number of piperazine rings is 1. The lowest BCUT2D eigenvalue weighted by atomic mass is 10.0. The zero-order chi connectivity index (χ0) is 20.5. The monoisotopic (exact) mass is 398 g/mol. The molecule has 5 heteroatoms. The molecule has 5 rings (SSSR count). The highest BCUT2D eigenvalue weighted by Crippen LogP contribution is 2.23. The zero-order valence-corrected chi connectivity index (χ0v) is 17.2. The summed E-state index contributed by atoms with van der Waals surface area (Å²) in [6.45, 7) is 7.03. The van der Waals surface area contributed by atoms with Crippen LogP contribution in [0.15, 0.2) is 71.5 Å². The minimum Gasteiger partial charge on any atom is -0.309 e. The van der Waals surface area contributed by atoms with Crippen LogP contribution >= 0.6 is 0 Å². The average Bonchev–Trinajstić information content (AvgIpc) is 2.79. The number of nitrogens with zero attached hydrogens (tertiary/aromatic N) is 3. The summed E-state index contributed by atoms with van der Waals surface area (Å²) < 4.78 is 0. The van der Waals surface area contributed by atoms with E-state index in [0.717, 1.165) is 44.1 Å². The van der Waals surface area contributed by atoms with Crippen molar-refractivity contribution in [1.82, 2.24) is 19.8 Å². The minimum atomic E-state index is -0.0583. The minimum absolute atomic E-state index is 0.0583. The van der Waals surface area contributed by atoms with Crippen molar-refractivity contribution in [1.29, 1.82) is 0 Å². The van der Waals surface area contributed by atoms with E-state index in [1.807, 2.05) is 24.3 Å². The second-order valence-electron chi connectivity index (χ2n) is 8.09. The second kappa shape index (κ2) is 8.01. The Morgan fingerprint density at radius 1 is 0.900 bits per heavy atom. The molecule has 0 unspecified atom stereocenters. The van der Waals surface area contributed by atoms with E-state index in [0.29, 0.717) is 5.39 Å². The number of rotatable bonds is 4. The Kier molecular flexibility index (Phi) is 5.07. The number of para-hydroxylation sites is 1. The summed E-state index contributed by atoms with van der Waals surface area (Å²) in [7, 11) is 0. The predicted molar refractivity (Wildman–Crippen MR) is 122 cm³/mol. The maximum absolute atomic E-state index is 12.4. The van der Waals surface area contributed by atoms with Crippen LogP contribution in [0.1, 0.15) is 24.4 Å². The normalized spacial score (nSPS) is 16.8. The zero-order valence-electron chi connectivity index (χ0n) is 17.2. The van der Waals surface area contributed by atoms with Gasteiger partial charge in [0.05, 0.1) is 16.9 Å². The molecule has 4 aromatic rings. The lowest BCUT2D eigenvalue weighted by Gasteiger charge is -2.37. The first kappa shape index (κ1) is 19.0. The first-order chi connectivity index (χ1) is 14.7. The van der Waals surface area contributed by atoms with Crippen molar-refractivity contribution in [2.75, 3.05) is 26.2 Å². The highest BCUT2D eigenvalue weighted by atomic mass is 16.1. The molecule has 152 valence electrons. The van der Waals surface area contributed by atoms with Gasteiger partial charge in [-0.05, 0) is 35.4 Å². The fraction of sp³-hybridized carbons (Fsp3) is 0.280. The smallest absolute Gasteiger partial charge is 0.258 e. The van der Waals surface area contributed by atoms with Crippen LogP contribution in [-0.2, 0) is 6.54 Å². The Labute approximate surface area is 176 Å². The lowest BCUT2D eigenvalue weighted by molar-refractivity contribution is 0.0951. The van der Waals surface area contributed by atoms with Crippen LogP contribution in [0.2, 0.25) is 0 Å². The first-order valence-electron chi connectivity index (χ1n) is 10.6. The summed E-state index contributed by atoms with van der Waals surface area (Å²) in [6, 6.07) is 22.8. The first-order valence-corrected chi connectivity index (χ1v) is 10.6. The number of benzene rings is 3. The number of hydrogen-bond acceptors (Lipinski definition) is 4. The predicted octanol–water partition coefficient (Wildman–Crippen LogP) is 3.96. The van der Waals surface area contributed by atoms with Gasteiger partial charge in [-0.15, -0.1) is 0 Å². The van der Waals surface area contributed by atoms with Gasteiger partial charge in [0.15, 0.2) is 0 Å². The molecular weight excluding hydrogens is 372 g/mol. The molecule has 0 saturated carbocycles. The molecule has 0 bridgehead atoms. The molecule has 1 aliphatic heterocycles. The van der Waals surface area contributed by atoms with Gasteiger partial charge in [-0.3, -0.25) is 14.6 Å². The molecule has 0 radical (unpaired) electrons. The number of H-pyrrole nitrogens is 1. The molecule has 5 nitrogen and oxygen atoms in total. The molecule has 1 aliphatic rings. The van der Waals surface area contributed by atoms with Gasteiger partial charge in [0.25, 0.3) is 5.56 Å². The molecule has 30 heavy (non-hydrogen) atoms. The van der Waals surface area contributed by atoms with Crippen LogP contribution < -0.4 is 5.56 Å². The summed E-state index contributed by atoms with van der Waals surface area (Å²) in [5, 5.41) is 3.29. The van der Waals surface area contributed by atoms with Crippen molar-refractivity contribution in [3.63, 3.8) is 0 Å². The molecule has 0 aliphatic carbocycles. The molecular formula is C25H26N4O. The van der Waals surface area contributed by atoms with Gasteiger partial charge in [-0.25, -0.2) is 4.98 Å². The van der Waals surface area contributed by atoms with Gasteiger partial charge in [0, 0.05) is 32.7 Å². The maximum Gasteiger partial charge on any atom is 0.258 e. The van der Waals surface area contributed by atoms with Gasteiger partial charge in [-0.1, -0.05) is 54.6 Å². The third kappa shape index (κ3) is 3.62. The van der Waals surface area contributed by atoms with E-state index >= 15 is 0 Å². The van der Waals surface area contributed by atoms with Crippen molar-refractivity contribution >= 4 is 21.7 Å². The fourth-order valence-electron chi connectivity index (χ4n) is 4.46. The van der Waals surface area contributed by atoms with E-state index in [1.54, 1.807) is 0 Å². The second-order valence-corrected chi connectivity index (χ2v) is 8.09. The van der Waals surface area contributed by atoms with Crippen LogP contribution in [0.25, 0.3) is 21.7 Å². The van der Waals surface area contributed by atoms with E-state index in [4.69, 9.17) is 4.98 Å². The number of hydrogen-bond donors (Lipinski definition) is 1. The third-order valence-corrected chi connectivity index (χ3v) is 6.26. The van der Waals surface area contributed by atoms with Gasteiger partial charge in [-0.2, -0.15) is 0 Å². The van der Waals surface area contributed by atoms with E-state index in [1.165, 1.54) is 16.3 Å². The van der Waals surface area contributed by atoms with E-state index in [-0.39, 0.29) is 11.6 Å². The number of nitrogens with one attached hydrogen (secondary N) is 1. The van der Waals surface area contributed by atoms with Crippen molar-refractivity contribution in [3.8, 4) is 0 Å². The molecule has 3 aromatic carbocycles. The van der Waals surface area contributed by atoms with Crippen molar-refractivity contribution < 1.29 is 0 Å². The van der Waals surface area contributed by atoms with Crippen LogP contribution in [0, 0.1) is 0 Å². The molecule has 1 fully saturated rings. The number of aromatic amines is 1. The summed E-state index contributed by atoms with van der Waals surface area (Å²) in [5.41, 5.74) is 2.09. The highest BCUT2D eigenvalue weighted by molar-refractivity contribution is 5.85. The molecule has 2 heterocycles. The van der Waals surface area contributed by atoms with Crippen molar-refractivity contribution in [2.24, 2.45) is 0 Å². The summed E-state index contributed by atoms with van der Waals surface area (Å²) in [4.78, 5) is 25.1. The average molecular weight is 399 g/mol. The highest BCUT2D eigenvalue weighted by Gasteiger charge is 2.24. The molecule has 0 amide bonds. The van der Waals surface area contributed by atoms with Gasteiger partial charge in [0.1, 0.15) is 5.82 Å². The lowest BCUT2D eigenvalue weighted by Crippen LogP contribution is -2.47. The largest absolute Gasteiger partial charge is 0.309 e. The van der Waals surface area contributed by atoms with Crippen LogP contribution in [0.5, 0.6) is 0 Å². The fourth-order valence-corrected chi connectivity index (χ4v) is 4.46. The maximum atomic E-state index is 12.4. The van der Waals surface area contributed by atoms with Gasteiger partial charge in [0.2, 0.25) is 0 Å². The summed E-state index contributed by atoms with van der Waals surface area (Å²) in [5.74, 6) is 0.751. The van der Waals surface area contributed by atoms with E-state index < -0.39 is 0 Å². The van der Waals surface area contributed by atoms with Gasteiger partial charge < -0.3 is 4.98 Å². The van der Waals surface area contributed by atoms with Crippen molar-refractivity contribution in [3.05, 3.63) is 88.5 Å². The standard InChI is InChI=1S/C25H26N4O/c1-18(24-26-23-12-5-4-11-22(23)25(30)27-24)29-15-13-28(14-16-29)17-20-9-6-8-19-7-2-3-10-21(19)20/h2-12,18H,13-17H2,1H3,(H,26,27,30)/t18-/m0/s1. The Hall–Kier alpha value is -3.02.